The lowest BCUT2D eigenvalue weighted by molar-refractivity contribution is -0.0155. The van der Waals surface area contributed by atoms with Gasteiger partial charge in [-0.25, -0.2) is 4.98 Å². The van der Waals surface area contributed by atoms with E-state index < -0.39 is 5.60 Å². The van der Waals surface area contributed by atoms with Gasteiger partial charge in [0.1, 0.15) is 11.4 Å². The predicted molar refractivity (Wildman–Crippen MR) is 105 cm³/mol. The van der Waals surface area contributed by atoms with Gasteiger partial charge in [-0.2, -0.15) is 0 Å². The summed E-state index contributed by atoms with van der Waals surface area (Å²) in [6, 6.07) is 3.84. The highest BCUT2D eigenvalue weighted by Gasteiger charge is 2.36. The Balaban J connectivity index is 2.49. The summed E-state index contributed by atoms with van der Waals surface area (Å²) < 4.78 is 24.9. The van der Waals surface area contributed by atoms with E-state index in [1.54, 1.807) is 27.5 Å². The van der Waals surface area contributed by atoms with Gasteiger partial charge in [-0.1, -0.05) is 0 Å². The quantitative estimate of drug-likeness (QED) is 0.594. The van der Waals surface area contributed by atoms with Crippen molar-refractivity contribution in [1.82, 2.24) is 14.5 Å². The van der Waals surface area contributed by atoms with Crippen molar-refractivity contribution < 1.29 is 18.9 Å². The van der Waals surface area contributed by atoms with E-state index in [4.69, 9.17) is 18.9 Å². The van der Waals surface area contributed by atoms with Crippen LogP contribution < -0.4 is 14.2 Å². The smallest absolute Gasteiger partial charge is 0.203 e. The number of hydrogen-bond donors (Lipinski definition) is 0. The van der Waals surface area contributed by atoms with Gasteiger partial charge >= 0.3 is 0 Å². The average molecular weight is 377 g/mol. The molecule has 27 heavy (non-hydrogen) atoms. The van der Waals surface area contributed by atoms with Crippen LogP contribution in [0.15, 0.2) is 24.5 Å². The fourth-order valence-corrected chi connectivity index (χ4v) is 3.12. The van der Waals surface area contributed by atoms with Gasteiger partial charge in [0.2, 0.25) is 5.75 Å². The van der Waals surface area contributed by atoms with E-state index >= 15 is 0 Å². The van der Waals surface area contributed by atoms with Crippen molar-refractivity contribution in [2.45, 2.75) is 18.9 Å². The molecule has 0 aliphatic rings. The maximum absolute atomic E-state index is 6.40. The third-order valence-electron chi connectivity index (χ3n) is 4.60. The lowest BCUT2D eigenvalue weighted by Gasteiger charge is -2.31. The molecule has 1 aromatic carbocycles. The molecule has 0 aliphatic heterocycles. The SMILES string of the molecule is COc1cc(C(C)(OCCCN(C)C)c2nccn2C)cc(OC)c1OC. The molecule has 1 aromatic heterocycles. The van der Waals surface area contributed by atoms with Crippen LogP contribution in [0.25, 0.3) is 0 Å². The first kappa shape index (κ1) is 21.1. The number of aryl methyl sites for hydroxylation is 1. The van der Waals surface area contributed by atoms with E-state index in [0.717, 1.165) is 24.4 Å². The lowest BCUT2D eigenvalue weighted by atomic mass is 9.93. The molecule has 7 nitrogen and oxygen atoms in total. The Labute approximate surface area is 161 Å². The molecule has 0 fully saturated rings. The molecular weight excluding hydrogens is 346 g/mol. The normalized spacial score (nSPS) is 13.5. The van der Waals surface area contributed by atoms with Crippen LogP contribution >= 0.6 is 0 Å². The van der Waals surface area contributed by atoms with Crippen molar-refractivity contribution in [1.29, 1.82) is 0 Å². The molecule has 0 aliphatic carbocycles. The highest BCUT2D eigenvalue weighted by atomic mass is 16.5. The fraction of sp³-hybridized carbons (Fsp3) is 0.550. The summed E-state index contributed by atoms with van der Waals surface area (Å²) in [5.74, 6) is 2.54. The van der Waals surface area contributed by atoms with Crippen molar-refractivity contribution in [3.8, 4) is 17.2 Å². The van der Waals surface area contributed by atoms with Crippen molar-refractivity contribution >= 4 is 0 Å². The third-order valence-corrected chi connectivity index (χ3v) is 4.60. The first-order valence-corrected chi connectivity index (χ1v) is 8.94. The number of nitrogens with zero attached hydrogens (tertiary/aromatic N) is 3. The van der Waals surface area contributed by atoms with Gasteiger partial charge in [0, 0.05) is 26.0 Å². The molecule has 0 spiro atoms. The summed E-state index contributed by atoms with van der Waals surface area (Å²) >= 11 is 0. The Bertz CT molecular complexity index is 720. The maximum Gasteiger partial charge on any atom is 0.203 e. The van der Waals surface area contributed by atoms with Crippen molar-refractivity contribution in [2.24, 2.45) is 7.05 Å². The molecule has 0 saturated carbocycles. The molecule has 7 heteroatoms. The molecular formula is C20H31N3O4. The van der Waals surface area contributed by atoms with Gasteiger partial charge < -0.3 is 28.4 Å². The number of benzene rings is 1. The largest absolute Gasteiger partial charge is 0.493 e. The minimum atomic E-state index is -0.766. The Morgan fingerprint density at radius 3 is 2.15 bits per heavy atom. The van der Waals surface area contributed by atoms with E-state index in [0.29, 0.717) is 23.9 Å². The third kappa shape index (κ3) is 4.54. The number of hydrogen-bond acceptors (Lipinski definition) is 6. The Morgan fingerprint density at radius 2 is 1.70 bits per heavy atom. The fourth-order valence-electron chi connectivity index (χ4n) is 3.12. The van der Waals surface area contributed by atoms with Crippen molar-refractivity contribution in [2.75, 3.05) is 48.6 Å². The van der Waals surface area contributed by atoms with E-state index in [-0.39, 0.29) is 0 Å². The maximum atomic E-state index is 6.40. The Morgan fingerprint density at radius 1 is 1.07 bits per heavy atom. The topological polar surface area (TPSA) is 58.0 Å². The van der Waals surface area contributed by atoms with Gasteiger partial charge in [0.15, 0.2) is 11.5 Å². The molecule has 0 saturated heterocycles. The van der Waals surface area contributed by atoms with Crippen LogP contribution in [0.3, 0.4) is 0 Å². The summed E-state index contributed by atoms with van der Waals surface area (Å²) in [5.41, 5.74) is 0.119. The summed E-state index contributed by atoms with van der Waals surface area (Å²) in [6.07, 6.45) is 4.60. The molecule has 1 heterocycles. The van der Waals surface area contributed by atoms with E-state index in [2.05, 4.69) is 24.0 Å². The van der Waals surface area contributed by atoms with Crippen LogP contribution in [0.4, 0.5) is 0 Å². The van der Waals surface area contributed by atoms with Crippen molar-refractivity contribution in [3.63, 3.8) is 0 Å². The molecule has 0 radical (unpaired) electrons. The van der Waals surface area contributed by atoms with Gasteiger partial charge in [-0.3, -0.25) is 0 Å². The second-order valence-electron chi connectivity index (χ2n) is 6.81. The minimum Gasteiger partial charge on any atom is -0.493 e. The van der Waals surface area contributed by atoms with E-state index in [9.17, 15) is 0 Å². The number of rotatable bonds is 10. The molecule has 2 aromatic rings. The zero-order chi connectivity index (χ0) is 20.0. The number of imidazole rings is 1. The zero-order valence-electron chi connectivity index (χ0n) is 17.4. The number of methoxy groups -OCH3 is 3. The highest BCUT2D eigenvalue weighted by molar-refractivity contribution is 5.55. The van der Waals surface area contributed by atoms with Crippen LogP contribution in [0.5, 0.6) is 17.2 Å². The molecule has 1 unspecified atom stereocenters. The molecule has 0 amide bonds. The molecule has 2 rings (SSSR count). The monoisotopic (exact) mass is 377 g/mol. The summed E-state index contributed by atoms with van der Waals surface area (Å²) in [7, 11) is 10.9. The Hall–Kier alpha value is -2.25. The molecule has 0 N–H and O–H groups in total. The predicted octanol–water partition coefficient (Wildman–Crippen LogP) is 2.68. The van der Waals surface area contributed by atoms with E-state index in [1.807, 2.05) is 36.9 Å². The van der Waals surface area contributed by atoms with Gasteiger partial charge in [0.05, 0.1) is 21.3 Å². The molecule has 0 bridgehead atoms. The van der Waals surface area contributed by atoms with Crippen LogP contribution in [0, 0.1) is 0 Å². The highest BCUT2D eigenvalue weighted by Crippen LogP contribution is 2.43. The first-order valence-electron chi connectivity index (χ1n) is 8.94. The van der Waals surface area contributed by atoms with E-state index in [1.165, 1.54) is 0 Å². The van der Waals surface area contributed by atoms with Crippen LogP contribution in [-0.4, -0.2) is 63.0 Å². The molecule has 150 valence electrons. The van der Waals surface area contributed by atoms with Crippen LogP contribution in [0.1, 0.15) is 24.7 Å². The minimum absolute atomic E-state index is 0.554. The second-order valence-corrected chi connectivity index (χ2v) is 6.81. The van der Waals surface area contributed by atoms with Gasteiger partial charge in [-0.05, 0) is 51.7 Å². The molecule has 1 atom stereocenters. The lowest BCUT2D eigenvalue weighted by Crippen LogP contribution is -2.32. The Kier molecular flexibility index (Phi) is 7.10. The zero-order valence-corrected chi connectivity index (χ0v) is 17.4. The summed E-state index contributed by atoms with van der Waals surface area (Å²) in [4.78, 5) is 6.69. The van der Waals surface area contributed by atoms with Crippen LogP contribution in [-0.2, 0) is 17.4 Å². The number of ether oxygens (including phenoxy) is 4. The van der Waals surface area contributed by atoms with Gasteiger partial charge in [-0.15, -0.1) is 0 Å². The van der Waals surface area contributed by atoms with Crippen LogP contribution in [0.2, 0.25) is 0 Å². The second kappa shape index (κ2) is 9.10. The van der Waals surface area contributed by atoms with Gasteiger partial charge in [0.25, 0.3) is 0 Å². The number of aromatic nitrogens is 2. The first-order chi connectivity index (χ1) is 12.9. The summed E-state index contributed by atoms with van der Waals surface area (Å²) in [6.45, 7) is 3.57. The van der Waals surface area contributed by atoms with Crippen molar-refractivity contribution in [3.05, 3.63) is 35.9 Å². The standard InChI is InChI=1S/C20H31N3O4/c1-20(19-21-9-11-23(19)4,27-12-8-10-22(2)3)15-13-16(24-5)18(26-7)17(14-15)25-6/h9,11,13-14H,8,10,12H2,1-7H3. The summed E-state index contributed by atoms with van der Waals surface area (Å²) in [5, 5.41) is 0. The average Bonchev–Trinajstić information content (AvgIpc) is 3.10.